The van der Waals surface area contributed by atoms with Gasteiger partial charge in [0.1, 0.15) is 5.75 Å². The monoisotopic (exact) mass is 239 g/mol. The number of nitrogens with two attached hydrogens (primary N) is 1. The third-order valence-electron chi connectivity index (χ3n) is 3.16. The summed E-state index contributed by atoms with van der Waals surface area (Å²) in [6, 6.07) is 12.8. The Morgan fingerprint density at radius 2 is 1.83 bits per heavy atom. The van der Waals surface area contributed by atoms with E-state index in [9.17, 15) is 4.79 Å². The molecule has 0 unspecified atom stereocenters. The quantitative estimate of drug-likeness (QED) is 0.647. The van der Waals surface area contributed by atoms with E-state index in [4.69, 9.17) is 10.5 Å². The Kier molecular flexibility index (Phi) is 2.52. The number of carbonyl (C=O) groups is 1. The molecule has 2 N–H and O–H groups in total. The Labute approximate surface area is 105 Å². The van der Waals surface area contributed by atoms with Crippen molar-refractivity contribution in [2.75, 3.05) is 12.3 Å². The van der Waals surface area contributed by atoms with Gasteiger partial charge in [0.15, 0.2) is 5.78 Å². The average molecular weight is 239 g/mol. The van der Waals surface area contributed by atoms with Crippen LogP contribution >= 0.6 is 0 Å². The molecule has 0 fully saturated rings. The van der Waals surface area contributed by atoms with Crippen molar-refractivity contribution in [2.45, 2.75) is 6.42 Å². The Morgan fingerprint density at radius 3 is 2.67 bits per heavy atom. The highest BCUT2D eigenvalue weighted by atomic mass is 16.5. The van der Waals surface area contributed by atoms with Crippen molar-refractivity contribution in [3.63, 3.8) is 0 Å². The predicted octanol–water partition coefficient (Wildman–Crippen LogP) is 2.43. The first-order valence-electron chi connectivity index (χ1n) is 5.91. The number of carbonyl (C=O) groups excluding carboxylic acids is 1. The summed E-state index contributed by atoms with van der Waals surface area (Å²) < 4.78 is 5.55. The molecular weight excluding hydrogens is 226 g/mol. The van der Waals surface area contributed by atoms with Gasteiger partial charge in [0.05, 0.1) is 12.2 Å². The highest BCUT2D eigenvalue weighted by Crippen LogP contribution is 2.31. The second-order valence-corrected chi connectivity index (χ2v) is 4.31. The minimum absolute atomic E-state index is 0.0770. The number of anilines is 1. The molecule has 0 aliphatic carbocycles. The number of ketones is 1. The van der Waals surface area contributed by atoms with Gasteiger partial charge in [0.2, 0.25) is 0 Å². The third kappa shape index (κ3) is 1.64. The van der Waals surface area contributed by atoms with Crippen LogP contribution in [0, 0.1) is 0 Å². The topological polar surface area (TPSA) is 52.3 Å². The van der Waals surface area contributed by atoms with Crippen LogP contribution < -0.4 is 10.5 Å². The van der Waals surface area contributed by atoms with Gasteiger partial charge in [-0.1, -0.05) is 24.3 Å². The fourth-order valence-electron chi connectivity index (χ4n) is 2.24. The first kappa shape index (κ1) is 10.8. The molecule has 0 bridgehead atoms. The van der Waals surface area contributed by atoms with Gasteiger partial charge in [-0.3, -0.25) is 4.79 Å². The van der Waals surface area contributed by atoms with Crippen molar-refractivity contribution >= 4 is 11.5 Å². The zero-order valence-corrected chi connectivity index (χ0v) is 9.85. The van der Waals surface area contributed by atoms with Crippen LogP contribution in [0.15, 0.2) is 42.5 Å². The maximum Gasteiger partial charge on any atom is 0.198 e. The van der Waals surface area contributed by atoms with Crippen LogP contribution in [0.4, 0.5) is 5.69 Å². The number of para-hydroxylation sites is 2. The van der Waals surface area contributed by atoms with Crippen LogP contribution in [0.3, 0.4) is 0 Å². The molecule has 0 saturated carbocycles. The summed E-state index contributed by atoms with van der Waals surface area (Å²) in [4.78, 5) is 12.5. The third-order valence-corrected chi connectivity index (χ3v) is 3.16. The van der Waals surface area contributed by atoms with E-state index >= 15 is 0 Å². The van der Waals surface area contributed by atoms with Crippen LogP contribution in [0.5, 0.6) is 5.75 Å². The van der Waals surface area contributed by atoms with Crippen LogP contribution in [0.2, 0.25) is 0 Å². The summed E-state index contributed by atoms with van der Waals surface area (Å²) >= 11 is 0. The lowest BCUT2D eigenvalue weighted by atomic mass is 9.99. The summed E-state index contributed by atoms with van der Waals surface area (Å²) in [6.07, 6.45) is 0.862. The molecule has 0 atom stereocenters. The van der Waals surface area contributed by atoms with E-state index in [1.807, 2.05) is 24.3 Å². The van der Waals surface area contributed by atoms with Gasteiger partial charge in [-0.2, -0.15) is 0 Å². The van der Waals surface area contributed by atoms with Gasteiger partial charge in [-0.05, 0) is 23.8 Å². The molecule has 2 aromatic carbocycles. The number of fused-ring (bicyclic) bond motifs is 1. The summed E-state index contributed by atoms with van der Waals surface area (Å²) in [5, 5.41) is 0. The molecule has 0 amide bonds. The lowest BCUT2D eigenvalue weighted by Crippen LogP contribution is -2.06. The smallest absolute Gasteiger partial charge is 0.198 e. The van der Waals surface area contributed by atoms with Gasteiger partial charge >= 0.3 is 0 Å². The van der Waals surface area contributed by atoms with E-state index < -0.39 is 0 Å². The average Bonchev–Trinajstić information content (AvgIpc) is 2.86. The second kappa shape index (κ2) is 4.18. The van der Waals surface area contributed by atoms with Crippen LogP contribution in [0.1, 0.15) is 21.5 Å². The van der Waals surface area contributed by atoms with Crippen LogP contribution in [-0.2, 0) is 6.42 Å². The molecule has 90 valence electrons. The van der Waals surface area contributed by atoms with E-state index in [2.05, 4.69) is 0 Å². The molecule has 3 rings (SSSR count). The molecule has 3 nitrogen and oxygen atoms in total. The minimum atomic E-state index is -0.0770. The molecule has 2 aromatic rings. The summed E-state index contributed by atoms with van der Waals surface area (Å²) in [6.45, 7) is 0.643. The molecule has 18 heavy (non-hydrogen) atoms. The first-order valence-corrected chi connectivity index (χ1v) is 5.91. The number of hydrogen-bond acceptors (Lipinski definition) is 3. The molecular formula is C15H13NO2. The van der Waals surface area contributed by atoms with E-state index in [1.165, 1.54) is 0 Å². The lowest BCUT2D eigenvalue weighted by molar-refractivity contribution is 0.103. The Morgan fingerprint density at radius 1 is 1.06 bits per heavy atom. The van der Waals surface area contributed by atoms with Crippen LogP contribution in [-0.4, -0.2) is 12.4 Å². The molecule has 0 saturated heterocycles. The molecule has 1 aliphatic heterocycles. The molecule has 3 heteroatoms. The number of ether oxygens (including phenoxy) is 1. The molecule has 0 radical (unpaired) electrons. The second-order valence-electron chi connectivity index (χ2n) is 4.31. The largest absolute Gasteiger partial charge is 0.492 e. The molecule has 1 heterocycles. The molecule has 0 spiro atoms. The van der Waals surface area contributed by atoms with Crippen molar-refractivity contribution in [1.82, 2.24) is 0 Å². The fourth-order valence-corrected chi connectivity index (χ4v) is 2.24. The lowest BCUT2D eigenvalue weighted by Gasteiger charge is -2.08. The maximum absolute atomic E-state index is 12.5. The van der Waals surface area contributed by atoms with Crippen LogP contribution in [0.25, 0.3) is 0 Å². The van der Waals surface area contributed by atoms with Gasteiger partial charge in [0.25, 0.3) is 0 Å². The van der Waals surface area contributed by atoms with Gasteiger partial charge in [-0.25, -0.2) is 0 Å². The van der Waals surface area contributed by atoms with Crippen molar-refractivity contribution in [2.24, 2.45) is 0 Å². The Bertz CT molecular complexity index is 620. The minimum Gasteiger partial charge on any atom is -0.492 e. The van der Waals surface area contributed by atoms with Gasteiger partial charge in [0, 0.05) is 17.7 Å². The fraction of sp³-hybridized carbons (Fsp3) is 0.133. The van der Waals surface area contributed by atoms with Crippen molar-refractivity contribution < 1.29 is 9.53 Å². The number of benzene rings is 2. The van der Waals surface area contributed by atoms with E-state index in [-0.39, 0.29) is 5.78 Å². The standard InChI is InChI=1S/C15H13NO2/c16-13-7-2-1-5-11(13)14(17)12-6-3-4-10-8-9-18-15(10)12/h1-7H,8-9,16H2. The summed E-state index contributed by atoms with van der Waals surface area (Å²) in [7, 11) is 0. The van der Waals surface area contributed by atoms with Gasteiger partial charge in [-0.15, -0.1) is 0 Å². The van der Waals surface area contributed by atoms with Crippen molar-refractivity contribution in [1.29, 1.82) is 0 Å². The zero-order valence-electron chi connectivity index (χ0n) is 9.85. The number of nitrogen functional groups attached to an aromatic ring is 1. The van der Waals surface area contributed by atoms with Crippen molar-refractivity contribution in [3.05, 3.63) is 59.2 Å². The van der Waals surface area contributed by atoms with Crippen molar-refractivity contribution in [3.8, 4) is 5.75 Å². The maximum atomic E-state index is 12.5. The highest BCUT2D eigenvalue weighted by molar-refractivity contribution is 6.13. The van der Waals surface area contributed by atoms with E-state index in [0.29, 0.717) is 29.2 Å². The zero-order chi connectivity index (χ0) is 12.5. The SMILES string of the molecule is Nc1ccccc1C(=O)c1cccc2c1OCC2. The van der Waals surface area contributed by atoms with E-state index in [0.717, 1.165) is 12.0 Å². The molecule has 1 aliphatic rings. The summed E-state index contributed by atoms with van der Waals surface area (Å²) in [5.41, 5.74) is 8.56. The Balaban J connectivity index is 2.09. The predicted molar refractivity (Wildman–Crippen MR) is 69.9 cm³/mol. The van der Waals surface area contributed by atoms with E-state index in [1.54, 1.807) is 18.2 Å². The van der Waals surface area contributed by atoms with Gasteiger partial charge < -0.3 is 10.5 Å². The normalized spacial score (nSPS) is 12.9. The summed E-state index contributed by atoms with van der Waals surface area (Å²) in [5.74, 6) is 0.637. The Hall–Kier alpha value is -2.29. The molecule has 0 aromatic heterocycles. The number of rotatable bonds is 2. The number of hydrogen-bond donors (Lipinski definition) is 1. The highest BCUT2D eigenvalue weighted by Gasteiger charge is 2.22. The first-order chi connectivity index (χ1) is 8.77.